The Morgan fingerprint density at radius 3 is 1.84 bits per heavy atom. The highest BCUT2D eigenvalue weighted by Crippen LogP contribution is 2.20. The van der Waals surface area contributed by atoms with E-state index in [0.29, 0.717) is 11.4 Å². The quantitative estimate of drug-likeness (QED) is 0.262. The summed E-state index contributed by atoms with van der Waals surface area (Å²) in [7, 11) is 0. The number of hydrogen-bond donors (Lipinski definition) is 0. The molecule has 4 nitrogen and oxygen atoms in total. The van der Waals surface area contributed by atoms with Crippen LogP contribution in [0.15, 0.2) is 33.3 Å². The van der Waals surface area contributed by atoms with Crippen LogP contribution in [-0.4, -0.2) is 11.4 Å². The van der Waals surface area contributed by atoms with Gasteiger partial charge < -0.3 is 0 Å². The lowest BCUT2D eigenvalue weighted by atomic mass is 9.92. The Bertz CT molecular complexity index is 609. The summed E-state index contributed by atoms with van der Waals surface area (Å²) in [5, 5.41) is 17.6. The molecular weight excluding hydrogens is 308 g/mol. The van der Waals surface area contributed by atoms with Crippen molar-refractivity contribution in [1.82, 2.24) is 0 Å². The average Bonchev–Trinajstić information content (AvgIpc) is 2.60. The lowest BCUT2D eigenvalue weighted by Crippen LogP contribution is -2.12. The van der Waals surface area contributed by atoms with Gasteiger partial charge in [0.1, 0.15) is 0 Å². The van der Waals surface area contributed by atoms with Gasteiger partial charge in [0.2, 0.25) is 12.4 Å². The second-order valence-electron chi connectivity index (χ2n) is 6.62. The van der Waals surface area contributed by atoms with Gasteiger partial charge in [-0.3, -0.25) is 0 Å². The van der Waals surface area contributed by atoms with Crippen molar-refractivity contribution in [3.8, 4) is 12.4 Å². The first-order chi connectivity index (χ1) is 12.2. The van der Waals surface area contributed by atoms with Gasteiger partial charge in [-0.05, 0) is 43.1 Å². The maximum Gasteiger partial charge on any atom is 0.206 e. The zero-order valence-electron chi connectivity index (χ0n) is 15.7. The molecule has 0 unspecified atom stereocenters. The molecule has 1 aliphatic carbocycles. The molecule has 0 fully saturated rings. The predicted molar refractivity (Wildman–Crippen MR) is 104 cm³/mol. The predicted octanol–water partition coefficient (Wildman–Crippen LogP) is 6.03. The van der Waals surface area contributed by atoms with E-state index in [1.54, 1.807) is 0 Å². The third-order valence-electron chi connectivity index (χ3n) is 4.54. The molecule has 0 saturated carbocycles. The summed E-state index contributed by atoms with van der Waals surface area (Å²) in [6, 6.07) is 0. The van der Waals surface area contributed by atoms with Crippen LogP contribution in [0.4, 0.5) is 0 Å². The summed E-state index contributed by atoms with van der Waals surface area (Å²) in [5.74, 6) is 0. The van der Waals surface area contributed by atoms with Gasteiger partial charge in [-0.2, -0.15) is 20.5 Å². The first kappa shape index (κ1) is 20.8. The van der Waals surface area contributed by atoms with Crippen LogP contribution in [0.5, 0.6) is 0 Å². The van der Waals surface area contributed by atoms with Gasteiger partial charge in [-0.1, -0.05) is 64.7 Å². The Hall–Kier alpha value is -2.20. The van der Waals surface area contributed by atoms with Crippen LogP contribution >= 0.6 is 0 Å². The van der Waals surface area contributed by atoms with Gasteiger partial charge in [-0.15, -0.1) is 0 Å². The lowest BCUT2D eigenvalue weighted by molar-refractivity contribution is 0.557. The summed E-state index contributed by atoms with van der Waals surface area (Å²) in [4.78, 5) is 7.76. The first-order valence-electron chi connectivity index (χ1n) is 9.56. The summed E-state index contributed by atoms with van der Waals surface area (Å²) in [6.45, 7) is 4.14. The molecule has 0 aliphatic heterocycles. The zero-order valence-corrected chi connectivity index (χ0v) is 15.7. The second-order valence-corrected chi connectivity index (χ2v) is 6.62. The monoisotopic (exact) mass is 338 g/mol. The molecular formula is C21H30N4. The highest BCUT2D eigenvalue weighted by atomic mass is 14.8. The van der Waals surface area contributed by atoms with Crippen LogP contribution in [0.2, 0.25) is 0 Å². The third kappa shape index (κ3) is 8.45. The second kappa shape index (κ2) is 13.1. The number of rotatable bonds is 11. The van der Waals surface area contributed by atoms with Crippen molar-refractivity contribution in [2.75, 3.05) is 0 Å². The molecule has 0 bridgehead atoms. The molecule has 0 atom stereocenters. The van der Waals surface area contributed by atoms with Gasteiger partial charge in [0.25, 0.3) is 0 Å². The highest BCUT2D eigenvalue weighted by Gasteiger charge is 2.14. The Morgan fingerprint density at radius 2 is 1.28 bits per heavy atom. The van der Waals surface area contributed by atoms with E-state index in [2.05, 4.69) is 16.9 Å². The Labute approximate surface area is 152 Å². The maximum absolute atomic E-state index is 8.86. The third-order valence-corrected chi connectivity index (χ3v) is 4.54. The van der Waals surface area contributed by atoms with E-state index < -0.39 is 0 Å². The smallest absolute Gasteiger partial charge is 0.173 e. The molecule has 0 amide bonds. The van der Waals surface area contributed by atoms with Crippen molar-refractivity contribution in [1.29, 1.82) is 10.5 Å². The zero-order chi connectivity index (χ0) is 18.3. The van der Waals surface area contributed by atoms with Gasteiger partial charge >= 0.3 is 0 Å². The van der Waals surface area contributed by atoms with E-state index in [9.17, 15) is 0 Å². The van der Waals surface area contributed by atoms with Crippen LogP contribution < -0.4 is 0 Å². The molecule has 1 rings (SSSR count). The van der Waals surface area contributed by atoms with Crippen molar-refractivity contribution < 1.29 is 0 Å². The molecule has 0 radical (unpaired) electrons. The van der Waals surface area contributed by atoms with Crippen molar-refractivity contribution in [2.45, 2.75) is 84.5 Å². The molecule has 0 spiro atoms. The lowest BCUT2D eigenvalue weighted by Gasteiger charge is -2.14. The Kier molecular flexibility index (Phi) is 10.9. The number of nitrogens with zero attached hydrogens (tertiary/aromatic N) is 4. The summed E-state index contributed by atoms with van der Waals surface area (Å²) in [5.41, 5.74) is 3.29. The number of aliphatic imine (C=N–C) groups is 2. The van der Waals surface area contributed by atoms with Gasteiger partial charge in [0.05, 0.1) is 11.4 Å². The summed E-state index contributed by atoms with van der Waals surface area (Å²) < 4.78 is 0. The molecule has 4 heteroatoms. The molecule has 1 aliphatic rings. The molecule has 0 aromatic carbocycles. The largest absolute Gasteiger partial charge is 0.206 e. The van der Waals surface area contributed by atoms with Gasteiger partial charge in [0, 0.05) is 0 Å². The minimum Gasteiger partial charge on any atom is -0.173 e. The molecule has 134 valence electrons. The van der Waals surface area contributed by atoms with Gasteiger partial charge in [0.15, 0.2) is 0 Å². The first-order valence-corrected chi connectivity index (χ1v) is 9.56. The van der Waals surface area contributed by atoms with E-state index in [1.165, 1.54) is 57.8 Å². The van der Waals surface area contributed by atoms with Crippen LogP contribution in [0, 0.1) is 22.9 Å². The molecule has 0 heterocycles. The fourth-order valence-corrected chi connectivity index (χ4v) is 3.06. The topological polar surface area (TPSA) is 72.3 Å². The molecule has 0 aromatic rings. The minimum atomic E-state index is 0.682. The minimum absolute atomic E-state index is 0.682. The Morgan fingerprint density at radius 1 is 0.760 bits per heavy atom. The maximum atomic E-state index is 8.86. The van der Waals surface area contributed by atoms with Crippen molar-refractivity contribution in [2.24, 2.45) is 9.98 Å². The standard InChI is InChI=1S/C21H30N4/c1-3-4-5-6-7-8-9-10-11-12-13-19-15-20(24-16-22)18(2)14-21(19)25-17-23/h14-15H,3-13H2,1-2H3. The van der Waals surface area contributed by atoms with Crippen LogP contribution in [0.25, 0.3) is 0 Å². The normalized spacial score (nSPS) is 17.1. The fraction of sp³-hybridized carbons (Fsp3) is 0.619. The summed E-state index contributed by atoms with van der Waals surface area (Å²) in [6.07, 6.45) is 21.3. The number of unbranched alkanes of at least 4 members (excludes halogenated alkanes) is 9. The molecule has 0 saturated heterocycles. The van der Waals surface area contributed by atoms with Gasteiger partial charge in [-0.25, -0.2) is 0 Å². The average molecular weight is 338 g/mol. The summed E-state index contributed by atoms with van der Waals surface area (Å²) >= 11 is 0. The van der Waals surface area contributed by atoms with E-state index in [-0.39, 0.29) is 0 Å². The fourth-order valence-electron chi connectivity index (χ4n) is 3.06. The van der Waals surface area contributed by atoms with E-state index >= 15 is 0 Å². The molecule has 0 aromatic heterocycles. The number of nitriles is 2. The SMILES string of the molecule is CCCCCCCCCCCCC1=CC(=NC#N)C(C)=CC1=NC#N. The van der Waals surface area contributed by atoms with Crippen LogP contribution in [-0.2, 0) is 0 Å². The Balaban J connectivity index is 2.34. The van der Waals surface area contributed by atoms with E-state index in [1.807, 2.05) is 31.5 Å². The highest BCUT2D eigenvalue weighted by molar-refractivity contribution is 6.23. The molecule has 0 N–H and O–H groups in total. The van der Waals surface area contributed by atoms with Crippen LogP contribution in [0.1, 0.15) is 84.5 Å². The van der Waals surface area contributed by atoms with E-state index in [4.69, 9.17) is 10.5 Å². The molecule has 25 heavy (non-hydrogen) atoms. The number of allylic oxidation sites excluding steroid dienone is 4. The van der Waals surface area contributed by atoms with Crippen LogP contribution in [0.3, 0.4) is 0 Å². The van der Waals surface area contributed by atoms with Crippen molar-refractivity contribution in [3.63, 3.8) is 0 Å². The van der Waals surface area contributed by atoms with E-state index in [0.717, 1.165) is 24.0 Å². The van der Waals surface area contributed by atoms with Crippen molar-refractivity contribution in [3.05, 3.63) is 23.3 Å². The van der Waals surface area contributed by atoms with Crippen molar-refractivity contribution >= 4 is 11.4 Å². The number of hydrogen-bond acceptors (Lipinski definition) is 4.